The largest absolute Gasteiger partial charge is 0.476 e. The molecule has 0 bridgehead atoms. The molecule has 7 heteroatoms. The number of nitrogens with one attached hydrogen (secondary N) is 1. The predicted molar refractivity (Wildman–Crippen MR) is 75.9 cm³/mol. The van der Waals surface area contributed by atoms with Crippen molar-refractivity contribution in [2.24, 2.45) is 5.92 Å². The molecule has 0 saturated heterocycles. The lowest BCUT2D eigenvalue weighted by molar-refractivity contribution is -0.390. The van der Waals surface area contributed by atoms with Gasteiger partial charge in [-0.1, -0.05) is 19.8 Å². The van der Waals surface area contributed by atoms with E-state index in [2.05, 4.69) is 17.2 Å². The second kappa shape index (κ2) is 7.01. The van der Waals surface area contributed by atoms with Gasteiger partial charge in [0.1, 0.15) is 6.20 Å². The van der Waals surface area contributed by atoms with Crippen molar-refractivity contribution < 1.29 is 14.5 Å². The maximum Gasteiger partial charge on any atom is 0.406 e. The fourth-order valence-electron chi connectivity index (χ4n) is 2.55. The average Bonchev–Trinajstić information content (AvgIpc) is 2.48. The smallest absolute Gasteiger partial charge is 0.406 e. The standard InChI is InChI=1S/C14H19N3O4/c1-10-5-2-3-6-11(10)16-13(18)9-21-12-7-4-8-15-14(12)17(19)20/h4,7-8,10-11H,2-3,5-6,9H2,1H3,(H,16,18)/t10-,11+/m1/s1. The van der Waals surface area contributed by atoms with E-state index in [9.17, 15) is 14.9 Å². The third kappa shape index (κ3) is 4.14. The lowest BCUT2D eigenvalue weighted by Gasteiger charge is -2.29. The third-order valence-corrected chi connectivity index (χ3v) is 3.74. The molecule has 1 fully saturated rings. The van der Waals surface area contributed by atoms with Crippen LogP contribution in [0.25, 0.3) is 0 Å². The SMILES string of the molecule is C[C@@H]1CCCC[C@@H]1NC(=O)COc1cccnc1[N+](=O)[O-]. The highest BCUT2D eigenvalue weighted by Gasteiger charge is 2.23. The van der Waals surface area contributed by atoms with Gasteiger partial charge in [0, 0.05) is 6.04 Å². The number of rotatable bonds is 5. The molecule has 1 aromatic rings. The summed E-state index contributed by atoms with van der Waals surface area (Å²) in [5.74, 6) is -0.173. The molecule has 1 aromatic heterocycles. The first-order chi connectivity index (χ1) is 10.1. The fraction of sp³-hybridized carbons (Fsp3) is 0.571. The molecule has 1 aliphatic carbocycles. The van der Waals surface area contributed by atoms with Gasteiger partial charge in [-0.05, 0) is 40.8 Å². The number of carbonyl (C=O) groups is 1. The van der Waals surface area contributed by atoms with E-state index in [1.165, 1.54) is 24.8 Å². The normalized spacial score (nSPS) is 21.6. The molecule has 7 nitrogen and oxygen atoms in total. The van der Waals surface area contributed by atoms with Crippen LogP contribution < -0.4 is 10.1 Å². The van der Waals surface area contributed by atoms with Crippen molar-refractivity contribution in [1.29, 1.82) is 0 Å². The maximum atomic E-state index is 11.9. The van der Waals surface area contributed by atoms with Crippen LogP contribution in [-0.2, 0) is 4.79 Å². The molecule has 1 saturated carbocycles. The van der Waals surface area contributed by atoms with Crippen molar-refractivity contribution in [3.05, 3.63) is 28.4 Å². The third-order valence-electron chi connectivity index (χ3n) is 3.74. The number of nitrogens with zero attached hydrogens (tertiary/aromatic N) is 2. The summed E-state index contributed by atoms with van der Waals surface area (Å²) in [5.41, 5.74) is 0. The second-order valence-corrected chi connectivity index (χ2v) is 5.31. The van der Waals surface area contributed by atoms with E-state index in [-0.39, 0.29) is 30.1 Å². The minimum Gasteiger partial charge on any atom is -0.476 e. The monoisotopic (exact) mass is 293 g/mol. The Kier molecular flexibility index (Phi) is 5.08. The lowest BCUT2D eigenvalue weighted by Crippen LogP contribution is -2.43. The molecule has 1 amide bonds. The summed E-state index contributed by atoms with van der Waals surface area (Å²) < 4.78 is 5.22. The first-order valence-electron chi connectivity index (χ1n) is 7.09. The highest BCUT2D eigenvalue weighted by molar-refractivity contribution is 5.78. The Morgan fingerprint density at radius 2 is 2.29 bits per heavy atom. The van der Waals surface area contributed by atoms with Gasteiger partial charge in [0.15, 0.2) is 6.61 Å². The van der Waals surface area contributed by atoms with Crippen LogP contribution >= 0.6 is 0 Å². The van der Waals surface area contributed by atoms with Crippen molar-refractivity contribution in [2.75, 3.05) is 6.61 Å². The minimum absolute atomic E-state index is 0.00865. The van der Waals surface area contributed by atoms with E-state index < -0.39 is 4.92 Å². The number of ether oxygens (including phenoxy) is 1. The molecule has 0 radical (unpaired) electrons. The van der Waals surface area contributed by atoms with Crippen LogP contribution in [0.15, 0.2) is 18.3 Å². The zero-order valence-electron chi connectivity index (χ0n) is 11.9. The molecule has 2 atom stereocenters. The summed E-state index contributed by atoms with van der Waals surface area (Å²) in [5, 5.41) is 13.7. The van der Waals surface area contributed by atoms with Gasteiger partial charge < -0.3 is 20.2 Å². The molecule has 0 aromatic carbocycles. The highest BCUT2D eigenvalue weighted by atomic mass is 16.6. The van der Waals surface area contributed by atoms with Gasteiger partial charge in [0.2, 0.25) is 5.75 Å². The first-order valence-corrected chi connectivity index (χ1v) is 7.09. The van der Waals surface area contributed by atoms with Crippen molar-refractivity contribution in [3.63, 3.8) is 0 Å². The molecule has 0 unspecified atom stereocenters. The number of carbonyl (C=O) groups excluding carboxylic acids is 1. The quantitative estimate of drug-likeness (QED) is 0.662. The number of hydrogen-bond acceptors (Lipinski definition) is 5. The molecule has 0 aliphatic heterocycles. The number of pyridine rings is 1. The second-order valence-electron chi connectivity index (χ2n) is 5.31. The Hall–Kier alpha value is -2.18. The summed E-state index contributed by atoms with van der Waals surface area (Å²) in [6.45, 7) is 1.88. The van der Waals surface area contributed by atoms with Crippen LogP contribution in [-0.4, -0.2) is 28.5 Å². The Labute approximate surface area is 122 Å². The predicted octanol–water partition coefficient (Wildman–Crippen LogP) is 2.06. The van der Waals surface area contributed by atoms with Crippen LogP contribution in [0, 0.1) is 16.0 Å². The van der Waals surface area contributed by atoms with Crippen LogP contribution in [0.4, 0.5) is 5.82 Å². The number of nitro groups is 1. The molecule has 2 rings (SSSR count). The Morgan fingerprint density at radius 3 is 3.00 bits per heavy atom. The van der Waals surface area contributed by atoms with E-state index in [1.54, 1.807) is 0 Å². The van der Waals surface area contributed by atoms with Gasteiger partial charge >= 0.3 is 5.82 Å². The van der Waals surface area contributed by atoms with Gasteiger partial charge in [0.05, 0.1) is 0 Å². The molecule has 1 N–H and O–H groups in total. The van der Waals surface area contributed by atoms with Crippen LogP contribution in [0.3, 0.4) is 0 Å². The molecule has 0 spiro atoms. The fourth-order valence-corrected chi connectivity index (χ4v) is 2.55. The summed E-state index contributed by atoms with van der Waals surface area (Å²) in [6, 6.07) is 3.13. The Balaban J connectivity index is 1.88. The summed E-state index contributed by atoms with van der Waals surface area (Å²) in [6.07, 6.45) is 5.71. The molecule has 1 heterocycles. The van der Waals surface area contributed by atoms with E-state index in [1.807, 2.05) is 0 Å². The molecule has 114 valence electrons. The van der Waals surface area contributed by atoms with Crippen molar-refractivity contribution >= 4 is 11.7 Å². The molecular formula is C14H19N3O4. The van der Waals surface area contributed by atoms with Crippen molar-refractivity contribution in [3.8, 4) is 5.75 Å². The lowest BCUT2D eigenvalue weighted by atomic mass is 9.86. The zero-order chi connectivity index (χ0) is 15.2. The zero-order valence-corrected chi connectivity index (χ0v) is 11.9. The van der Waals surface area contributed by atoms with Gasteiger partial charge in [-0.3, -0.25) is 4.79 Å². The average molecular weight is 293 g/mol. The van der Waals surface area contributed by atoms with E-state index in [0.717, 1.165) is 19.3 Å². The van der Waals surface area contributed by atoms with Gasteiger partial charge in [-0.25, -0.2) is 0 Å². The number of aromatic nitrogens is 1. The first kappa shape index (κ1) is 15.2. The van der Waals surface area contributed by atoms with Crippen molar-refractivity contribution in [1.82, 2.24) is 10.3 Å². The van der Waals surface area contributed by atoms with Crippen LogP contribution in [0.5, 0.6) is 5.75 Å². The Morgan fingerprint density at radius 1 is 1.52 bits per heavy atom. The molecule has 1 aliphatic rings. The number of amides is 1. The minimum atomic E-state index is -0.629. The summed E-state index contributed by atoms with van der Waals surface area (Å²) in [7, 11) is 0. The van der Waals surface area contributed by atoms with Crippen molar-refractivity contribution in [2.45, 2.75) is 38.6 Å². The maximum absolute atomic E-state index is 11.9. The Bertz CT molecular complexity index is 521. The van der Waals surface area contributed by atoms with Gasteiger partial charge in [-0.2, -0.15) is 0 Å². The van der Waals surface area contributed by atoms with Gasteiger partial charge in [-0.15, -0.1) is 0 Å². The van der Waals surface area contributed by atoms with Gasteiger partial charge in [0.25, 0.3) is 5.91 Å². The molecular weight excluding hydrogens is 274 g/mol. The highest BCUT2D eigenvalue weighted by Crippen LogP contribution is 2.24. The molecule has 21 heavy (non-hydrogen) atoms. The van der Waals surface area contributed by atoms with Crippen LogP contribution in [0.2, 0.25) is 0 Å². The topological polar surface area (TPSA) is 94.4 Å². The summed E-state index contributed by atoms with van der Waals surface area (Å²) >= 11 is 0. The van der Waals surface area contributed by atoms with E-state index >= 15 is 0 Å². The van der Waals surface area contributed by atoms with E-state index in [4.69, 9.17) is 4.74 Å². The van der Waals surface area contributed by atoms with Crippen LogP contribution in [0.1, 0.15) is 32.6 Å². The summed E-state index contributed by atoms with van der Waals surface area (Å²) in [4.78, 5) is 25.7. The number of hydrogen-bond donors (Lipinski definition) is 1. The van der Waals surface area contributed by atoms with E-state index in [0.29, 0.717) is 5.92 Å².